The minimum atomic E-state index is -0.250. The van der Waals surface area contributed by atoms with Gasteiger partial charge in [-0.3, -0.25) is 9.59 Å². The molecule has 0 saturated heterocycles. The second-order valence-electron chi connectivity index (χ2n) is 5.54. The van der Waals surface area contributed by atoms with Crippen LogP contribution in [0.2, 0.25) is 0 Å². The summed E-state index contributed by atoms with van der Waals surface area (Å²) in [6.45, 7) is 0.611. The summed E-state index contributed by atoms with van der Waals surface area (Å²) in [4.78, 5) is 22.1. The number of amides is 1. The summed E-state index contributed by atoms with van der Waals surface area (Å²) in [7, 11) is 3.44. The molecule has 2 aromatic rings. The molecule has 0 aromatic heterocycles. The molecule has 0 fully saturated rings. The first kappa shape index (κ1) is 16.6. The van der Waals surface area contributed by atoms with Crippen molar-refractivity contribution in [3.8, 4) is 28.4 Å². The Hall–Kier alpha value is -3.22. The Morgan fingerprint density at radius 2 is 1.84 bits per heavy atom. The van der Waals surface area contributed by atoms with Crippen LogP contribution in [0.3, 0.4) is 0 Å². The van der Waals surface area contributed by atoms with E-state index in [9.17, 15) is 4.79 Å². The first-order valence-electron chi connectivity index (χ1n) is 7.53. The zero-order valence-electron chi connectivity index (χ0n) is 13.8. The van der Waals surface area contributed by atoms with Gasteiger partial charge < -0.3 is 24.2 Å². The minimum Gasteiger partial charge on any atom is -0.496 e. The van der Waals surface area contributed by atoms with Gasteiger partial charge in [0.05, 0.1) is 7.11 Å². The van der Waals surface area contributed by atoms with Crippen molar-refractivity contribution in [3.05, 3.63) is 41.5 Å². The molecule has 2 heterocycles. The Bertz CT molecular complexity index is 833. The molecule has 7 nitrogen and oxygen atoms in total. The van der Waals surface area contributed by atoms with E-state index in [1.807, 2.05) is 37.4 Å². The number of benzene rings is 2. The summed E-state index contributed by atoms with van der Waals surface area (Å²) in [6.07, 6.45) is 0. The number of carboxylic acid groups (broad SMARTS) is 1. The Balaban J connectivity index is 0.000000569. The van der Waals surface area contributed by atoms with Crippen molar-refractivity contribution in [2.45, 2.75) is 6.54 Å². The quantitative estimate of drug-likeness (QED) is 0.843. The van der Waals surface area contributed by atoms with Crippen molar-refractivity contribution >= 4 is 12.4 Å². The van der Waals surface area contributed by atoms with E-state index in [2.05, 4.69) is 0 Å². The van der Waals surface area contributed by atoms with Crippen LogP contribution >= 0.6 is 0 Å². The number of fused-ring (bicyclic) bond motifs is 2. The fraction of sp³-hybridized carbons (Fsp3) is 0.222. The molecule has 1 amide bonds. The lowest BCUT2D eigenvalue weighted by Gasteiger charge is -2.11. The highest BCUT2D eigenvalue weighted by atomic mass is 16.7. The van der Waals surface area contributed by atoms with E-state index in [1.54, 1.807) is 12.0 Å². The molecular formula is C18H17NO6. The molecule has 2 aromatic carbocycles. The summed E-state index contributed by atoms with van der Waals surface area (Å²) in [5.74, 6) is 2.20. The molecule has 0 spiro atoms. The molecule has 0 radical (unpaired) electrons. The highest BCUT2D eigenvalue weighted by molar-refractivity contribution is 5.99. The number of carbonyl (C=O) groups excluding carboxylic acids is 1. The van der Waals surface area contributed by atoms with Crippen molar-refractivity contribution in [1.29, 1.82) is 0 Å². The lowest BCUT2D eigenvalue weighted by Crippen LogP contribution is -2.17. The molecule has 0 unspecified atom stereocenters. The largest absolute Gasteiger partial charge is 0.496 e. The van der Waals surface area contributed by atoms with Crippen LogP contribution in [0.15, 0.2) is 30.3 Å². The van der Waals surface area contributed by atoms with E-state index in [0.29, 0.717) is 18.0 Å². The van der Waals surface area contributed by atoms with Crippen LogP contribution in [0, 0.1) is 0 Å². The third-order valence-corrected chi connectivity index (χ3v) is 4.10. The van der Waals surface area contributed by atoms with Gasteiger partial charge in [0.2, 0.25) is 6.79 Å². The fourth-order valence-corrected chi connectivity index (χ4v) is 2.95. The lowest BCUT2D eigenvalue weighted by molar-refractivity contribution is -0.122. The number of ether oxygens (including phenoxy) is 3. The van der Waals surface area contributed by atoms with Crippen molar-refractivity contribution in [1.82, 2.24) is 4.90 Å². The van der Waals surface area contributed by atoms with Crippen LogP contribution in [0.1, 0.15) is 15.9 Å². The lowest BCUT2D eigenvalue weighted by atomic mass is 9.99. The van der Waals surface area contributed by atoms with Crippen molar-refractivity contribution in [2.24, 2.45) is 0 Å². The molecular weight excluding hydrogens is 326 g/mol. The van der Waals surface area contributed by atoms with Gasteiger partial charge >= 0.3 is 0 Å². The van der Waals surface area contributed by atoms with Crippen molar-refractivity contribution < 1.29 is 28.9 Å². The second-order valence-corrected chi connectivity index (χ2v) is 5.54. The van der Waals surface area contributed by atoms with E-state index >= 15 is 0 Å². The summed E-state index contributed by atoms with van der Waals surface area (Å²) >= 11 is 0. The van der Waals surface area contributed by atoms with Gasteiger partial charge in [0.25, 0.3) is 12.4 Å². The Labute approximate surface area is 144 Å². The monoisotopic (exact) mass is 343 g/mol. The van der Waals surface area contributed by atoms with E-state index < -0.39 is 0 Å². The average molecular weight is 343 g/mol. The maximum Gasteiger partial charge on any atom is 0.290 e. The molecule has 2 aliphatic rings. The first-order valence-corrected chi connectivity index (χ1v) is 7.53. The molecule has 7 heteroatoms. The molecule has 25 heavy (non-hydrogen) atoms. The van der Waals surface area contributed by atoms with Gasteiger partial charge in [-0.25, -0.2) is 0 Å². The molecule has 2 aliphatic heterocycles. The third-order valence-electron chi connectivity index (χ3n) is 4.10. The summed E-state index contributed by atoms with van der Waals surface area (Å²) in [5.41, 5.74) is 3.73. The summed E-state index contributed by atoms with van der Waals surface area (Å²) < 4.78 is 16.3. The second kappa shape index (κ2) is 6.72. The van der Waals surface area contributed by atoms with E-state index in [4.69, 9.17) is 24.1 Å². The van der Waals surface area contributed by atoms with Crippen molar-refractivity contribution in [3.63, 3.8) is 0 Å². The maximum atomic E-state index is 12.0. The molecule has 0 saturated carbocycles. The third kappa shape index (κ3) is 2.96. The molecule has 0 bridgehead atoms. The standard InChI is InChI=1S/C17H15NO4.CH2O2/c1-18-8-11-5-10(3-4-12(11)17(18)19)13-6-15-16(22-9-21-15)7-14(13)20-2;2-1-3/h3-7H,8-9H2,1-2H3;1H,(H,2,3). The van der Waals surface area contributed by atoms with Crippen LogP contribution in [-0.2, 0) is 11.3 Å². The van der Waals surface area contributed by atoms with Gasteiger partial charge in [0.1, 0.15) is 5.75 Å². The fourth-order valence-electron chi connectivity index (χ4n) is 2.95. The Kier molecular flexibility index (Phi) is 4.47. The number of hydrogen-bond donors (Lipinski definition) is 1. The smallest absolute Gasteiger partial charge is 0.290 e. The van der Waals surface area contributed by atoms with Gasteiger partial charge in [0.15, 0.2) is 11.5 Å². The van der Waals surface area contributed by atoms with Crippen molar-refractivity contribution in [2.75, 3.05) is 21.0 Å². The SMILES string of the molecule is COc1cc2c(cc1-c1ccc3c(c1)CN(C)C3=O)OCO2.O=CO. The predicted octanol–water partition coefficient (Wildman–Crippen LogP) is 2.38. The highest BCUT2D eigenvalue weighted by Crippen LogP contribution is 2.43. The number of rotatable bonds is 2. The zero-order valence-corrected chi connectivity index (χ0v) is 13.8. The number of nitrogens with zero attached hydrogens (tertiary/aromatic N) is 1. The average Bonchev–Trinajstić information content (AvgIpc) is 3.18. The maximum absolute atomic E-state index is 12.0. The minimum absolute atomic E-state index is 0.0687. The molecule has 0 atom stereocenters. The Morgan fingerprint density at radius 1 is 1.16 bits per heavy atom. The van der Waals surface area contributed by atoms with Crippen LogP contribution in [0.4, 0.5) is 0 Å². The highest BCUT2D eigenvalue weighted by Gasteiger charge is 2.25. The normalized spacial score (nSPS) is 13.8. The molecule has 4 rings (SSSR count). The van der Waals surface area contributed by atoms with Crippen LogP contribution in [-0.4, -0.2) is 43.3 Å². The van der Waals surface area contributed by atoms with Gasteiger partial charge in [-0.2, -0.15) is 0 Å². The van der Waals surface area contributed by atoms with E-state index in [0.717, 1.165) is 28.0 Å². The molecule has 130 valence electrons. The first-order chi connectivity index (χ1) is 12.1. The predicted molar refractivity (Wildman–Crippen MR) is 89.0 cm³/mol. The van der Waals surface area contributed by atoms with Gasteiger partial charge in [0, 0.05) is 30.8 Å². The zero-order chi connectivity index (χ0) is 18.0. The number of carbonyl (C=O) groups is 2. The summed E-state index contributed by atoms with van der Waals surface area (Å²) in [5, 5.41) is 6.89. The number of methoxy groups -OCH3 is 1. The molecule has 0 aliphatic carbocycles. The van der Waals surface area contributed by atoms with Crippen LogP contribution in [0.25, 0.3) is 11.1 Å². The van der Waals surface area contributed by atoms with Gasteiger partial charge in [-0.1, -0.05) is 6.07 Å². The van der Waals surface area contributed by atoms with E-state index in [1.165, 1.54) is 0 Å². The summed E-state index contributed by atoms with van der Waals surface area (Å²) in [6, 6.07) is 9.61. The van der Waals surface area contributed by atoms with Gasteiger partial charge in [-0.05, 0) is 29.3 Å². The van der Waals surface area contributed by atoms with Gasteiger partial charge in [-0.15, -0.1) is 0 Å². The topological polar surface area (TPSA) is 85.3 Å². The Morgan fingerprint density at radius 3 is 2.52 bits per heavy atom. The number of hydrogen-bond acceptors (Lipinski definition) is 5. The molecule has 1 N–H and O–H groups in total. The van der Waals surface area contributed by atoms with Crippen LogP contribution < -0.4 is 14.2 Å². The van der Waals surface area contributed by atoms with Crippen LogP contribution in [0.5, 0.6) is 17.2 Å². The van der Waals surface area contributed by atoms with E-state index in [-0.39, 0.29) is 19.2 Å².